The molecule has 0 spiro atoms. The molecule has 2 rings (SSSR count). The molecule has 1 aromatic carbocycles. The number of pyridine rings is 1. The van der Waals surface area contributed by atoms with Crippen LogP contribution in [-0.4, -0.2) is 10.9 Å². The predicted octanol–water partition coefficient (Wildman–Crippen LogP) is 2.71. The van der Waals surface area contributed by atoms with E-state index in [1.165, 1.54) is 12.1 Å². The number of halogens is 1. The van der Waals surface area contributed by atoms with Crippen molar-refractivity contribution in [3.05, 3.63) is 65.7 Å². The second kappa shape index (κ2) is 5.40. The molecule has 1 N–H and O–H groups in total. The first-order chi connectivity index (χ1) is 8.68. The summed E-state index contributed by atoms with van der Waals surface area (Å²) in [6.45, 7) is 1.84. The Morgan fingerprint density at radius 3 is 2.56 bits per heavy atom. The third-order valence-corrected chi connectivity index (χ3v) is 2.67. The van der Waals surface area contributed by atoms with Gasteiger partial charge in [0.2, 0.25) is 0 Å². The first kappa shape index (κ1) is 12.2. The van der Waals surface area contributed by atoms with E-state index in [1.807, 2.05) is 19.1 Å². The number of carbonyl (C=O) groups excluding carboxylic acids is 1. The minimum absolute atomic E-state index is 0.0541. The number of nitrogens with zero attached hydrogens (tertiary/aromatic N) is 1. The number of hydrogen-bond acceptors (Lipinski definition) is 2. The first-order valence-corrected chi connectivity index (χ1v) is 5.64. The molecule has 0 saturated heterocycles. The van der Waals surface area contributed by atoms with Crippen LogP contribution in [0.1, 0.15) is 28.9 Å². The van der Waals surface area contributed by atoms with Gasteiger partial charge in [-0.05, 0) is 36.8 Å². The fraction of sp³-hybridized carbons (Fsp3) is 0.143. The molecule has 0 aliphatic carbocycles. The van der Waals surface area contributed by atoms with Gasteiger partial charge in [0, 0.05) is 12.4 Å². The van der Waals surface area contributed by atoms with Crippen molar-refractivity contribution in [3.63, 3.8) is 0 Å². The summed E-state index contributed by atoms with van der Waals surface area (Å²) in [5, 5.41) is 2.75. The number of nitrogens with one attached hydrogen (secondary N) is 1. The zero-order chi connectivity index (χ0) is 13.0. The van der Waals surface area contributed by atoms with E-state index in [4.69, 9.17) is 0 Å². The summed E-state index contributed by atoms with van der Waals surface area (Å²) < 4.78 is 13.4. The van der Waals surface area contributed by atoms with E-state index < -0.39 is 11.7 Å². The van der Waals surface area contributed by atoms with Gasteiger partial charge in [0.1, 0.15) is 5.82 Å². The monoisotopic (exact) mass is 244 g/mol. The quantitative estimate of drug-likeness (QED) is 0.902. The van der Waals surface area contributed by atoms with E-state index in [0.29, 0.717) is 0 Å². The summed E-state index contributed by atoms with van der Waals surface area (Å²) in [7, 11) is 0. The molecule has 1 aromatic heterocycles. The smallest absolute Gasteiger partial charge is 0.254 e. The van der Waals surface area contributed by atoms with Gasteiger partial charge in [-0.1, -0.05) is 12.1 Å². The lowest BCUT2D eigenvalue weighted by Gasteiger charge is -2.14. The second-order valence-corrected chi connectivity index (χ2v) is 3.96. The average molecular weight is 244 g/mol. The Morgan fingerprint density at radius 2 is 1.89 bits per heavy atom. The molecule has 4 heteroatoms. The van der Waals surface area contributed by atoms with E-state index >= 15 is 0 Å². The average Bonchev–Trinajstić information content (AvgIpc) is 2.40. The molecule has 0 aliphatic rings. The van der Waals surface area contributed by atoms with Crippen molar-refractivity contribution >= 4 is 5.91 Å². The predicted molar refractivity (Wildman–Crippen MR) is 66.5 cm³/mol. The van der Waals surface area contributed by atoms with Gasteiger partial charge in [0.15, 0.2) is 0 Å². The fourth-order valence-electron chi connectivity index (χ4n) is 1.66. The van der Waals surface area contributed by atoms with Crippen LogP contribution in [-0.2, 0) is 0 Å². The highest BCUT2D eigenvalue weighted by atomic mass is 19.1. The van der Waals surface area contributed by atoms with Crippen LogP contribution in [0, 0.1) is 5.82 Å². The van der Waals surface area contributed by atoms with Crippen LogP contribution < -0.4 is 5.32 Å². The Morgan fingerprint density at radius 1 is 1.22 bits per heavy atom. The molecular formula is C14H13FN2O. The summed E-state index contributed by atoms with van der Waals surface area (Å²) in [6.07, 6.45) is 3.31. The fourth-order valence-corrected chi connectivity index (χ4v) is 1.66. The van der Waals surface area contributed by atoms with E-state index in [0.717, 1.165) is 5.56 Å². The minimum Gasteiger partial charge on any atom is -0.345 e. The highest BCUT2D eigenvalue weighted by molar-refractivity contribution is 5.94. The lowest BCUT2D eigenvalue weighted by atomic mass is 10.1. The lowest BCUT2D eigenvalue weighted by molar-refractivity contribution is 0.0936. The maximum Gasteiger partial charge on any atom is 0.254 e. The first-order valence-electron chi connectivity index (χ1n) is 5.64. The second-order valence-electron chi connectivity index (χ2n) is 3.96. The van der Waals surface area contributed by atoms with Gasteiger partial charge in [0.05, 0.1) is 11.6 Å². The molecule has 2 aromatic rings. The summed E-state index contributed by atoms with van der Waals surface area (Å²) in [5.74, 6) is -0.936. The molecule has 18 heavy (non-hydrogen) atoms. The summed E-state index contributed by atoms with van der Waals surface area (Å²) in [5.41, 5.74) is 0.980. The van der Waals surface area contributed by atoms with Crippen molar-refractivity contribution < 1.29 is 9.18 Å². The highest BCUT2D eigenvalue weighted by Gasteiger charge is 2.14. The van der Waals surface area contributed by atoms with Crippen LogP contribution in [0.3, 0.4) is 0 Å². The van der Waals surface area contributed by atoms with Gasteiger partial charge < -0.3 is 5.32 Å². The summed E-state index contributed by atoms with van der Waals surface area (Å²) >= 11 is 0. The molecule has 3 nitrogen and oxygen atoms in total. The molecule has 0 fully saturated rings. The van der Waals surface area contributed by atoms with Gasteiger partial charge in [0.25, 0.3) is 5.91 Å². The minimum atomic E-state index is -0.517. The summed E-state index contributed by atoms with van der Waals surface area (Å²) in [6, 6.07) is 9.35. The van der Waals surface area contributed by atoms with Gasteiger partial charge >= 0.3 is 0 Å². The molecule has 1 atom stereocenters. The Kier molecular flexibility index (Phi) is 3.67. The zero-order valence-corrected chi connectivity index (χ0v) is 9.93. The molecule has 0 bridgehead atoms. The van der Waals surface area contributed by atoms with Crippen molar-refractivity contribution in [1.29, 1.82) is 0 Å². The van der Waals surface area contributed by atoms with Crippen LogP contribution >= 0.6 is 0 Å². The van der Waals surface area contributed by atoms with E-state index in [1.54, 1.807) is 24.5 Å². The largest absolute Gasteiger partial charge is 0.345 e. The number of rotatable bonds is 3. The van der Waals surface area contributed by atoms with Crippen LogP contribution in [0.4, 0.5) is 4.39 Å². The summed E-state index contributed by atoms with van der Waals surface area (Å²) in [4.78, 5) is 15.8. The van der Waals surface area contributed by atoms with Crippen LogP contribution in [0.2, 0.25) is 0 Å². The Bertz CT molecular complexity index is 543. The normalized spacial score (nSPS) is 11.9. The molecule has 0 saturated carbocycles. The molecule has 0 aliphatic heterocycles. The van der Waals surface area contributed by atoms with Crippen LogP contribution in [0.15, 0.2) is 48.8 Å². The van der Waals surface area contributed by atoms with Crippen LogP contribution in [0.25, 0.3) is 0 Å². The van der Waals surface area contributed by atoms with E-state index in [-0.39, 0.29) is 11.6 Å². The Balaban J connectivity index is 2.11. The van der Waals surface area contributed by atoms with Gasteiger partial charge in [-0.3, -0.25) is 9.78 Å². The van der Waals surface area contributed by atoms with Crippen molar-refractivity contribution in [3.8, 4) is 0 Å². The van der Waals surface area contributed by atoms with Crippen molar-refractivity contribution in [2.24, 2.45) is 0 Å². The number of amides is 1. The topological polar surface area (TPSA) is 42.0 Å². The number of benzene rings is 1. The third kappa shape index (κ3) is 2.71. The SMILES string of the molecule is C[C@@H](NC(=O)c1ccccc1F)c1ccncc1. The van der Waals surface area contributed by atoms with Crippen LogP contribution in [0.5, 0.6) is 0 Å². The molecule has 0 unspecified atom stereocenters. The number of aromatic nitrogens is 1. The maximum absolute atomic E-state index is 13.4. The molecule has 92 valence electrons. The van der Waals surface area contributed by atoms with Gasteiger partial charge in [-0.15, -0.1) is 0 Å². The Hall–Kier alpha value is -2.23. The van der Waals surface area contributed by atoms with Gasteiger partial charge in [-0.2, -0.15) is 0 Å². The maximum atomic E-state index is 13.4. The van der Waals surface area contributed by atoms with Crippen molar-refractivity contribution in [2.75, 3.05) is 0 Å². The standard InChI is InChI=1S/C14H13FN2O/c1-10(11-6-8-16-9-7-11)17-14(18)12-4-2-3-5-13(12)15/h2-10H,1H3,(H,17,18)/t10-/m1/s1. The zero-order valence-electron chi connectivity index (χ0n) is 9.93. The molecule has 1 amide bonds. The molecule has 0 radical (unpaired) electrons. The van der Waals surface area contributed by atoms with Crippen molar-refractivity contribution in [1.82, 2.24) is 10.3 Å². The van der Waals surface area contributed by atoms with E-state index in [9.17, 15) is 9.18 Å². The molecule has 1 heterocycles. The lowest BCUT2D eigenvalue weighted by Crippen LogP contribution is -2.27. The van der Waals surface area contributed by atoms with E-state index in [2.05, 4.69) is 10.3 Å². The third-order valence-electron chi connectivity index (χ3n) is 2.67. The highest BCUT2D eigenvalue weighted by Crippen LogP contribution is 2.13. The Labute approximate surface area is 105 Å². The number of hydrogen-bond donors (Lipinski definition) is 1. The number of carbonyl (C=O) groups is 1. The molecular weight excluding hydrogens is 231 g/mol. The van der Waals surface area contributed by atoms with Crippen molar-refractivity contribution in [2.45, 2.75) is 13.0 Å². The van der Waals surface area contributed by atoms with Gasteiger partial charge in [-0.25, -0.2) is 4.39 Å².